The van der Waals surface area contributed by atoms with Crippen LogP contribution in [0.15, 0.2) is 0 Å². The van der Waals surface area contributed by atoms with Crippen molar-refractivity contribution in [3.63, 3.8) is 0 Å². The van der Waals surface area contributed by atoms with E-state index in [1.807, 2.05) is 0 Å². The van der Waals surface area contributed by atoms with Crippen molar-refractivity contribution < 1.29 is 14.7 Å². The zero-order valence-corrected chi connectivity index (χ0v) is 12.8. The molecule has 0 radical (unpaired) electrons. The van der Waals surface area contributed by atoms with Crippen LogP contribution in [0.1, 0.15) is 53.9 Å². The van der Waals surface area contributed by atoms with Crippen molar-refractivity contribution in [1.29, 1.82) is 0 Å². The average Bonchev–Trinajstić information content (AvgIpc) is 2.59. The van der Waals surface area contributed by atoms with Crippen LogP contribution in [0.5, 0.6) is 0 Å². The normalized spacial score (nSPS) is 25.4. The minimum Gasteiger partial charge on any atom is -0.481 e. The van der Waals surface area contributed by atoms with Crippen LogP contribution in [0.25, 0.3) is 0 Å². The summed E-state index contributed by atoms with van der Waals surface area (Å²) in [5.41, 5.74) is -0.538. The fraction of sp³-hybridized carbons (Fsp3) is 0.867. The maximum Gasteiger partial charge on any atom is 0.311 e. The van der Waals surface area contributed by atoms with Crippen molar-refractivity contribution in [1.82, 2.24) is 4.90 Å². The van der Waals surface area contributed by atoms with Gasteiger partial charge in [-0.05, 0) is 31.1 Å². The molecule has 0 spiro atoms. The first-order valence-electron chi connectivity index (χ1n) is 7.05. The Bertz CT molecular complexity index is 359. The van der Waals surface area contributed by atoms with Crippen LogP contribution < -0.4 is 0 Å². The van der Waals surface area contributed by atoms with E-state index in [2.05, 4.69) is 27.7 Å². The summed E-state index contributed by atoms with van der Waals surface area (Å²) in [4.78, 5) is 25.1. The Morgan fingerprint density at radius 1 is 1.37 bits per heavy atom. The highest BCUT2D eigenvalue weighted by Gasteiger charge is 2.42. The number of carbonyl (C=O) groups excluding carboxylic acids is 1. The number of aliphatic carboxylic acids is 1. The molecule has 1 heterocycles. The Hall–Kier alpha value is -1.06. The third-order valence-corrected chi connectivity index (χ3v) is 3.83. The van der Waals surface area contributed by atoms with Crippen LogP contribution >= 0.6 is 0 Å². The molecule has 4 heteroatoms. The molecular formula is C15H27NO3. The molecule has 0 bridgehead atoms. The molecule has 1 saturated heterocycles. The molecular weight excluding hydrogens is 242 g/mol. The van der Waals surface area contributed by atoms with Crippen LogP contribution in [0.3, 0.4) is 0 Å². The molecule has 1 rings (SSSR count). The number of carboxylic acids is 1. The molecule has 1 fully saturated rings. The lowest BCUT2D eigenvalue weighted by atomic mass is 9.84. The molecule has 1 aliphatic heterocycles. The maximum absolute atomic E-state index is 12.2. The summed E-state index contributed by atoms with van der Waals surface area (Å²) in [6.45, 7) is 11.3. The molecule has 0 aromatic rings. The van der Waals surface area contributed by atoms with Gasteiger partial charge in [0.1, 0.15) is 0 Å². The van der Waals surface area contributed by atoms with Crippen molar-refractivity contribution >= 4 is 11.9 Å². The highest BCUT2D eigenvalue weighted by atomic mass is 16.4. The number of nitrogens with zero attached hydrogens (tertiary/aromatic N) is 1. The fourth-order valence-electron chi connectivity index (χ4n) is 2.89. The van der Waals surface area contributed by atoms with Crippen molar-refractivity contribution in [3.8, 4) is 0 Å². The van der Waals surface area contributed by atoms with Crippen LogP contribution in [0.2, 0.25) is 0 Å². The van der Waals surface area contributed by atoms with Gasteiger partial charge in [-0.2, -0.15) is 0 Å². The fourth-order valence-corrected chi connectivity index (χ4v) is 2.89. The van der Waals surface area contributed by atoms with Gasteiger partial charge in [0.05, 0.1) is 5.41 Å². The summed E-state index contributed by atoms with van der Waals surface area (Å²) in [6.07, 6.45) is 2.08. The van der Waals surface area contributed by atoms with E-state index >= 15 is 0 Å². The molecule has 2 atom stereocenters. The number of amides is 1. The van der Waals surface area contributed by atoms with E-state index in [0.717, 1.165) is 6.42 Å². The Balaban J connectivity index is 2.50. The highest BCUT2D eigenvalue weighted by Crippen LogP contribution is 2.32. The van der Waals surface area contributed by atoms with Gasteiger partial charge in [-0.25, -0.2) is 0 Å². The maximum atomic E-state index is 12.2. The first kappa shape index (κ1) is 16.0. The largest absolute Gasteiger partial charge is 0.481 e. The third kappa shape index (κ3) is 4.51. The highest BCUT2D eigenvalue weighted by molar-refractivity contribution is 5.80. The summed E-state index contributed by atoms with van der Waals surface area (Å²) in [5, 5.41) is 9.17. The summed E-state index contributed by atoms with van der Waals surface area (Å²) in [6, 6.07) is 0. The van der Waals surface area contributed by atoms with Gasteiger partial charge in [0.15, 0.2) is 0 Å². The third-order valence-electron chi connectivity index (χ3n) is 3.83. The molecule has 2 unspecified atom stereocenters. The Labute approximate surface area is 116 Å². The molecule has 1 N–H and O–H groups in total. The summed E-state index contributed by atoms with van der Waals surface area (Å²) < 4.78 is 0. The number of likely N-dealkylation sites (tertiary alicyclic amines) is 1. The Kier molecular flexibility index (Phi) is 4.64. The monoisotopic (exact) mass is 269 g/mol. The van der Waals surface area contributed by atoms with E-state index in [-0.39, 0.29) is 11.3 Å². The van der Waals surface area contributed by atoms with E-state index in [0.29, 0.717) is 31.8 Å². The Morgan fingerprint density at radius 3 is 2.37 bits per heavy atom. The lowest BCUT2D eigenvalue weighted by Crippen LogP contribution is -2.35. The van der Waals surface area contributed by atoms with E-state index in [9.17, 15) is 9.59 Å². The molecule has 4 nitrogen and oxygen atoms in total. The first-order valence-corrected chi connectivity index (χ1v) is 7.05. The number of rotatable bonds is 4. The SMILES string of the molecule is CC(CC(=O)N1CCC(C)(C(=O)O)C1)CC(C)(C)C. The van der Waals surface area contributed by atoms with Gasteiger partial charge in [-0.15, -0.1) is 0 Å². The van der Waals surface area contributed by atoms with Crippen LogP contribution in [-0.2, 0) is 9.59 Å². The standard InChI is InChI=1S/C15H27NO3/c1-11(9-14(2,3)4)8-12(17)16-7-6-15(5,10-16)13(18)19/h11H,6-10H2,1-5H3,(H,18,19). The second kappa shape index (κ2) is 5.51. The summed E-state index contributed by atoms with van der Waals surface area (Å²) in [7, 11) is 0. The average molecular weight is 269 g/mol. The van der Waals surface area contributed by atoms with Crippen LogP contribution in [0.4, 0.5) is 0 Å². The predicted molar refractivity (Wildman–Crippen MR) is 74.8 cm³/mol. The van der Waals surface area contributed by atoms with Crippen molar-refractivity contribution in [2.24, 2.45) is 16.7 Å². The lowest BCUT2D eigenvalue weighted by molar-refractivity contribution is -0.147. The van der Waals surface area contributed by atoms with Gasteiger partial charge < -0.3 is 10.0 Å². The molecule has 110 valence electrons. The number of carbonyl (C=O) groups is 2. The van der Waals surface area contributed by atoms with Gasteiger partial charge in [0.25, 0.3) is 0 Å². The molecule has 1 aliphatic rings. The first-order chi connectivity index (χ1) is 8.53. The van der Waals surface area contributed by atoms with E-state index < -0.39 is 11.4 Å². The molecule has 19 heavy (non-hydrogen) atoms. The number of hydrogen-bond donors (Lipinski definition) is 1. The lowest BCUT2D eigenvalue weighted by Gasteiger charge is -2.25. The second-order valence-corrected chi connectivity index (χ2v) is 7.51. The predicted octanol–water partition coefficient (Wildman–Crippen LogP) is 2.77. The van der Waals surface area contributed by atoms with Crippen molar-refractivity contribution in [2.45, 2.75) is 53.9 Å². The van der Waals surface area contributed by atoms with Crippen LogP contribution in [0, 0.1) is 16.7 Å². The van der Waals surface area contributed by atoms with Crippen molar-refractivity contribution in [2.75, 3.05) is 13.1 Å². The van der Waals surface area contributed by atoms with Gasteiger partial charge >= 0.3 is 5.97 Å². The van der Waals surface area contributed by atoms with E-state index in [1.165, 1.54) is 0 Å². The minimum absolute atomic E-state index is 0.0988. The topological polar surface area (TPSA) is 57.6 Å². The molecule has 0 aromatic carbocycles. The second-order valence-electron chi connectivity index (χ2n) is 7.51. The smallest absolute Gasteiger partial charge is 0.311 e. The zero-order valence-electron chi connectivity index (χ0n) is 12.8. The van der Waals surface area contributed by atoms with Gasteiger partial charge in [0, 0.05) is 19.5 Å². The molecule has 1 amide bonds. The number of hydrogen-bond acceptors (Lipinski definition) is 2. The summed E-state index contributed by atoms with van der Waals surface area (Å²) in [5.74, 6) is -0.364. The van der Waals surface area contributed by atoms with E-state index in [4.69, 9.17) is 5.11 Å². The van der Waals surface area contributed by atoms with Gasteiger partial charge in [0.2, 0.25) is 5.91 Å². The minimum atomic E-state index is -0.800. The van der Waals surface area contributed by atoms with E-state index in [1.54, 1.807) is 11.8 Å². The van der Waals surface area contributed by atoms with Crippen molar-refractivity contribution in [3.05, 3.63) is 0 Å². The summed E-state index contributed by atoms with van der Waals surface area (Å²) >= 11 is 0. The molecule has 0 aliphatic carbocycles. The zero-order chi connectivity index (χ0) is 14.8. The quantitative estimate of drug-likeness (QED) is 0.853. The molecule has 0 aromatic heterocycles. The van der Waals surface area contributed by atoms with Gasteiger partial charge in [-0.1, -0.05) is 27.7 Å². The molecule has 0 saturated carbocycles. The van der Waals surface area contributed by atoms with Gasteiger partial charge in [-0.3, -0.25) is 9.59 Å². The van der Waals surface area contributed by atoms with Crippen LogP contribution in [-0.4, -0.2) is 35.0 Å². The number of carboxylic acid groups (broad SMARTS) is 1. The Morgan fingerprint density at radius 2 is 1.95 bits per heavy atom.